The van der Waals surface area contributed by atoms with E-state index in [0.717, 1.165) is 32.9 Å². The van der Waals surface area contributed by atoms with E-state index in [1.165, 1.54) is 4.70 Å². The van der Waals surface area contributed by atoms with Crippen molar-refractivity contribution in [1.29, 1.82) is 0 Å². The van der Waals surface area contributed by atoms with Gasteiger partial charge in [0.15, 0.2) is 0 Å². The Bertz CT molecular complexity index is 1100. The zero-order chi connectivity index (χ0) is 18.6. The highest BCUT2D eigenvalue weighted by molar-refractivity contribution is 7.21. The van der Waals surface area contributed by atoms with Crippen LogP contribution in [0.4, 0.5) is 5.69 Å². The summed E-state index contributed by atoms with van der Waals surface area (Å²) in [6.07, 6.45) is 3.36. The lowest BCUT2D eigenvalue weighted by molar-refractivity contribution is -0.111. The van der Waals surface area contributed by atoms with E-state index in [9.17, 15) is 4.79 Å². The van der Waals surface area contributed by atoms with Crippen molar-refractivity contribution in [1.82, 2.24) is 4.98 Å². The van der Waals surface area contributed by atoms with Gasteiger partial charge in [-0.15, -0.1) is 11.3 Å². The number of aromatic nitrogens is 1. The molecule has 0 saturated heterocycles. The van der Waals surface area contributed by atoms with Crippen LogP contribution in [0.5, 0.6) is 0 Å². The summed E-state index contributed by atoms with van der Waals surface area (Å²) in [4.78, 5) is 16.9. The van der Waals surface area contributed by atoms with Gasteiger partial charge in [0.1, 0.15) is 5.01 Å². The number of nitrogens with zero attached hydrogens (tertiary/aromatic N) is 1. The molecule has 0 aliphatic heterocycles. The number of carbonyl (C=O) groups is 1. The molecule has 4 aromatic rings. The maximum absolute atomic E-state index is 12.2. The Labute approximate surface area is 162 Å². The molecule has 3 aromatic carbocycles. The molecule has 0 saturated carbocycles. The summed E-state index contributed by atoms with van der Waals surface area (Å²) in [6, 6.07) is 23.9. The number of carbonyl (C=O) groups excluding carboxylic acids is 1. The Hall–Kier alpha value is -3.24. The van der Waals surface area contributed by atoms with Gasteiger partial charge in [0, 0.05) is 17.3 Å². The molecule has 27 heavy (non-hydrogen) atoms. The Morgan fingerprint density at radius 3 is 2.56 bits per heavy atom. The molecule has 3 nitrogen and oxygen atoms in total. The first-order valence-electron chi connectivity index (χ1n) is 8.70. The van der Waals surface area contributed by atoms with Gasteiger partial charge in [-0.3, -0.25) is 4.79 Å². The van der Waals surface area contributed by atoms with Crippen LogP contribution in [0.15, 0.2) is 78.9 Å². The highest BCUT2D eigenvalue weighted by atomic mass is 32.1. The van der Waals surface area contributed by atoms with Gasteiger partial charge in [0.05, 0.1) is 10.2 Å². The number of para-hydroxylation sites is 1. The summed E-state index contributed by atoms with van der Waals surface area (Å²) in [7, 11) is 0. The van der Waals surface area contributed by atoms with E-state index < -0.39 is 0 Å². The summed E-state index contributed by atoms with van der Waals surface area (Å²) in [5, 5.41) is 3.93. The van der Waals surface area contributed by atoms with Gasteiger partial charge in [-0.05, 0) is 54.5 Å². The van der Waals surface area contributed by atoms with Crippen molar-refractivity contribution in [2.24, 2.45) is 0 Å². The first-order chi connectivity index (χ1) is 13.2. The third-order valence-corrected chi connectivity index (χ3v) is 5.34. The van der Waals surface area contributed by atoms with Crippen molar-refractivity contribution in [3.05, 3.63) is 90.0 Å². The summed E-state index contributed by atoms with van der Waals surface area (Å²) in [6.45, 7) is 1.99. The van der Waals surface area contributed by atoms with Gasteiger partial charge in [-0.2, -0.15) is 0 Å². The molecule has 4 heteroatoms. The molecule has 0 spiro atoms. The third-order valence-electron chi connectivity index (χ3n) is 4.25. The lowest BCUT2D eigenvalue weighted by atomic mass is 10.1. The van der Waals surface area contributed by atoms with Gasteiger partial charge >= 0.3 is 0 Å². The molecule has 4 rings (SSSR count). The average Bonchev–Trinajstić information content (AvgIpc) is 3.13. The van der Waals surface area contributed by atoms with Crippen molar-refractivity contribution >= 4 is 39.2 Å². The average molecular weight is 370 g/mol. The number of hydrogen-bond acceptors (Lipinski definition) is 3. The summed E-state index contributed by atoms with van der Waals surface area (Å²) >= 11 is 1.67. The monoisotopic (exact) mass is 370 g/mol. The van der Waals surface area contributed by atoms with Gasteiger partial charge in [0.2, 0.25) is 5.91 Å². The summed E-state index contributed by atoms with van der Waals surface area (Å²) in [5.74, 6) is -0.144. The Kier molecular flexibility index (Phi) is 4.81. The minimum Gasteiger partial charge on any atom is -0.322 e. The van der Waals surface area contributed by atoms with Crippen LogP contribution in [0.3, 0.4) is 0 Å². The summed E-state index contributed by atoms with van der Waals surface area (Å²) < 4.78 is 1.17. The number of amides is 1. The van der Waals surface area contributed by atoms with Crippen LogP contribution in [-0.4, -0.2) is 10.9 Å². The van der Waals surface area contributed by atoms with E-state index >= 15 is 0 Å². The Morgan fingerprint density at radius 2 is 1.78 bits per heavy atom. The number of benzene rings is 3. The predicted molar refractivity (Wildman–Crippen MR) is 114 cm³/mol. The van der Waals surface area contributed by atoms with Gasteiger partial charge in [-0.1, -0.05) is 42.5 Å². The lowest BCUT2D eigenvalue weighted by Gasteiger charge is -2.08. The number of hydrogen-bond donors (Lipinski definition) is 1. The van der Waals surface area contributed by atoms with Crippen LogP contribution in [0.25, 0.3) is 26.9 Å². The summed E-state index contributed by atoms with van der Waals surface area (Å²) in [5.41, 5.74) is 4.89. The fraction of sp³-hybridized carbons (Fsp3) is 0.0435. The fourth-order valence-corrected chi connectivity index (χ4v) is 3.81. The quantitative estimate of drug-likeness (QED) is 0.453. The molecule has 132 valence electrons. The van der Waals surface area contributed by atoms with E-state index in [1.807, 2.05) is 67.6 Å². The Balaban J connectivity index is 1.51. The van der Waals surface area contributed by atoms with Crippen LogP contribution in [0.2, 0.25) is 0 Å². The van der Waals surface area contributed by atoms with Crippen LogP contribution in [0, 0.1) is 6.92 Å². The number of aryl methyl sites for hydroxylation is 1. The molecule has 0 radical (unpaired) electrons. The molecular formula is C23H18N2OS. The van der Waals surface area contributed by atoms with E-state index in [2.05, 4.69) is 17.4 Å². The maximum atomic E-state index is 12.2. The SMILES string of the molecule is Cc1cc(-c2nc3ccccc3s2)ccc1NC(=O)/C=C/c1ccccc1. The Morgan fingerprint density at radius 1 is 1.00 bits per heavy atom. The second kappa shape index (κ2) is 7.56. The smallest absolute Gasteiger partial charge is 0.248 e. The van der Waals surface area contributed by atoms with Crippen molar-refractivity contribution in [3.8, 4) is 10.6 Å². The van der Waals surface area contributed by atoms with Gasteiger partial charge in [0.25, 0.3) is 0 Å². The number of thiazole rings is 1. The van der Waals surface area contributed by atoms with Crippen LogP contribution >= 0.6 is 11.3 Å². The van der Waals surface area contributed by atoms with E-state index in [-0.39, 0.29) is 5.91 Å². The molecule has 0 unspecified atom stereocenters. The van der Waals surface area contributed by atoms with Gasteiger partial charge < -0.3 is 5.32 Å². The zero-order valence-corrected chi connectivity index (χ0v) is 15.7. The van der Waals surface area contributed by atoms with Crippen LogP contribution in [0.1, 0.15) is 11.1 Å². The standard InChI is InChI=1S/C23H18N2OS/c1-16-15-18(23-25-20-9-5-6-10-21(20)27-23)12-13-19(16)24-22(26)14-11-17-7-3-2-4-8-17/h2-15H,1H3,(H,24,26)/b14-11+. The van der Waals surface area contributed by atoms with Crippen molar-refractivity contribution < 1.29 is 4.79 Å². The fourth-order valence-electron chi connectivity index (χ4n) is 2.84. The van der Waals surface area contributed by atoms with E-state index in [1.54, 1.807) is 23.5 Å². The number of anilines is 1. The lowest BCUT2D eigenvalue weighted by Crippen LogP contribution is -2.08. The highest BCUT2D eigenvalue weighted by Crippen LogP contribution is 2.31. The minimum atomic E-state index is -0.144. The van der Waals surface area contributed by atoms with Crippen molar-refractivity contribution in [2.45, 2.75) is 6.92 Å². The van der Waals surface area contributed by atoms with Gasteiger partial charge in [-0.25, -0.2) is 4.98 Å². The third kappa shape index (κ3) is 3.96. The second-order valence-corrected chi connectivity index (χ2v) is 7.28. The van der Waals surface area contributed by atoms with E-state index in [0.29, 0.717) is 0 Å². The number of rotatable bonds is 4. The zero-order valence-electron chi connectivity index (χ0n) is 14.8. The minimum absolute atomic E-state index is 0.144. The molecule has 0 atom stereocenters. The van der Waals surface area contributed by atoms with Crippen molar-refractivity contribution in [2.75, 3.05) is 5.32 Å². The predicted octanol–water partition coefficient (Wildman–Crippen LogP) is 5.92. The molecule has 0 aliphatic rings. The molecule has 1 amide bonds. The topological polar surface area (TPSA) is 42.0 Å². The largest absolute Gasteiger partial charge is 0.322 e. The highest BCUT2D eigenvalue weighted by Gasteiger charge is 2.08. The van der Waals surface area contributed by atoms with Crippen LogP contribution < -0.4 is 5.32 Å². The number of nitrogens with one attached hydrogen (secondary N) is 1. The molecule has 1 aromatic heterocycles. The normalized spacial score (nSPS) is 11.1. The second-order valence-electron chi connectivity index (χ2n) is 6.25. The molecule has 0 aliphatic carbocycles. The molecule has 0 fully saturated rings. The number of fused-ring (bicyclic) bond motifs is 1. The van der Waals surface area contributed by atoms with Crippen LogP contribution in [-0.2, 0) is 4.79 Å². The molecule has 1 heterocycles. The maximum Gasteiger partial charge on any atom is 0.248 e. The first-order valence-corrected chi connectivity index (χ1v) is 9.51. The molecule has 1 N–H and O–H groups in total. The first kappa shape index (κ1) is 17.2. The van der Waals surface area contributed by atoms with Crippen molar-refractivity contribution in [3.63, 3.8) is 0 Å². The van der Waals surface area contributed by atoms with E-state index in [4.69, 9.17) is 4.98 Å². The molecular weight excluding hydrogens is 352 g/mol. The molecule has 0 bridgehead atoms.